The summed E-state index contributed by atoms with van der Waals surface area (Å²) >= 11 is 0. The van der Waals surface area contributed by atoms with Gasteiger partial charge >= 0.3 is 0 Å². The fourth-order valence-electron chi connectivity index (χ4n) is 3.59. The molecule has 1 amide bonds. The average molecular weight is 397 g/mol. The third-order valence-electron chi connectivity index (χ3n) is 5.00. The van der Waals surface area contributed by atoms with E-state index < -0.39 is 4.92 Å². The lowest BCUT2D eigenvalue weighted by Gasteiger charge is -2.12. The van der Waals surface area contributed by atoms with Crippen LogP contribution < -0.4 is 10.1 Å². The van der Waals surface area contributed by atoms with E-state index in [1.54, 1.807) is 4.68 Å². The number of nitrogens with zero attached hydrogens (tertiary/aromatic N) is 4. The summed E-state index contributed by atoms with van der Waals surface area (Å²) in [6.07, 6.45) is 0.706. The van der Waals surface area contributed by atoms with Crippen molar-refractivity contribution in [2.24, 2.45) is 7.05 Å². The second-order valence-corrected chi connectivity index (χ2v) is 6.90. The second kappa shape index (κ2) is 7.86. The maximum Gasteiger partial charge on any atom is 0.271 e. The minimum absolute atomic E-state index is 0.116. The Bertz CT molecular complexity index is 1120. The van der Waals surface area contributed by atoms with Crippen LogP contribution in [-0.2, 0) is 18.3 Å². The number of hydrogen-bond acceptors (Lipinski definition) is 6. The van der Waals surface area contributed by atoms with E-state index in [4.69, 9.17) is 4.74 Å². The van der Waals surface area contributed by atoms with Crippen molar-refractivity contribution < 1.29 is 14.5 Å². The number of benzene rings is 1. The monoisotopic (exact) mass is 397 g/mol. The second-order valence-electron chi connectivity index (χ2n) is 6.90. The summed E-state index contributed by atoms with van der Waals surface area (Å²) in [5.74, 6) is 0.107. The van der Waals surface area contributed by atoms with Crippen molar-refractivity contribution in [1.29, 1.82) is 0 Å². The van der Waals surface area contributed by atoms with Gasteiger partial charge in [0.15, 0.2) is 5.65 Å². The third kappa shape index (κ3) is 3.89. The molecule has 2 aromatic heterocycles. The molecule has 9 heteroatoms. The van der Waals surface area contributed by atoms with Crippen molar-refractivity contribution in [2.75, 3.05) is 12.4 Å². The van der Waals surface area contributed by atoms with Crippen molar-refractivity contribution >= 4 is 28.3 Å². The van der Waals surface area contributed by atoms with Gasteiger partial charge in [-0.15, -0.1) is 0 Å². The highest BCUT2D eigenvalue weighted by atomic mass is 16.6. The van der Waals surface area contributed by atoms with Crippen LogP contribution in [0.4, 0.5) is 11.4 Å². The molecule has 1 aromatic carbocycles. The molecule has 0 bridgehead atoms. The Labute approximate surface area is 167 Å². The molecule has 3 rings (SSSR count). The zero-order chi connectivity index (χ0) is 21.3. The SMILES string of the molecule is COc1ccc([N+](=O)[O-])cc1NC(=O)CCc1c(C)nc2c(c(C)nn2C)c1C. The number of carbonyl (C=O) groups is 1. The molecule has 0 aliphatic heterocycles. The number of amides is 1. The average Bonchev–Trinajstić information content (AvgIpc) is 2.94. The van der Waals surface area contributed by atoms with Gasteiger partial charge in [-0.1, -0.05) is 0 Å². The first-order valence-electron chi connectivity index (χ1n) is 9.14. The molecule has 0 radical (unpaired) electrons. The summed E-state index contributed by atoms with van der Waals surface area (Å²) in [6.45, 7) is 5.88. The molecule has 0 fully saturated rings. The Morgan fingerprint density at radius 2 is 2.00 bits per heavy atom. The maximum atomic E-state index is 12.5. The van der Waals surface area contributed by atoms with E-state index in [0.717, 1.165) is 33.5 Å². The third-order valence-corrected chi connectivity index (χ3v) is 5.00. The largest absolute Gasteiger partial charge is 0.495 e. The number of non-ortho nitro benzene ring substituents is 1. The number of nitro benzene ring substituents is 1. The normalized spacial score (nSPS) is 10.9. The lowest BCUT2D eigenvalue weighted by atomic mass is 9.99. The lowest BCUT2D eigenvalue weighted by Crippen LogP contribution is -2.14. The fraction of sp³-hybridized carbons (Fsp3) is 0.350. The number of fused-ring (bicyclic) bond motifs is 1. The predicted molar refractivity (Wildman–Crippen MR) is 109 cm³/mol. The molecular weight excluding hydrogens is 374 g/mol. The van der Waals surface area contributed by atoms with Gasteiger partial charge in [0.05, 0.1) is 23.4 Å². The van der Waals surface area contributed by atoms with Crippen LogP contribution in [0.15, 0.2) is 18.2 Å². The number of nitrogens with one attached hydrogen (secondary N) is 1. The molecule has 29 heavy (non-hydrogen) atoms. The van der Waals surface area contributed by atoms with E-state index in [-0.39, 0.29) is 23.7 Å². The van der Waals surface area contributed by atoms with Crippen LogP contribution >= 0.6 is 0 Å². The number of ether oxygens (including phenoxy) is 1. The number of carbonyl (C=O) groups excluding carboxylic acids is 1. The minimum atomic E-state index is -0.515. The molecule has 2 heterocycles. The van der Waals surface area contributed by atoms with Gasteiger partial charge in [0.25, 0.3) is 5.69 Å². The van der Waals surface area contributed by atoms with Crippen LogP contribution in [-0.4, -0.2) is 32.7 Å². The highest BCUT2D eigenvalue weighted by Crippen LogP contribution is 2.30. The predicted octanol–water partition coefficient (Wildman–Crippen LogP) is 3.38. The van der Waals surface area contributed by atoms with Crippen LogP contribution in [0.1, 0.15) is 28.9 Å². The topological polar surface area (TPSA) is 112 Å². The molecule has 0 saturated carbocycles. The van der Waals surface area contributed by atoms with E-state index in [0.29, 0.717) is 12.2 Å². The summed E-state index contributed by atoms with van der Waals surface area (Å²) in [5, 5.41) is 19.2. The van der Waals surface area contributed by atoms with Crippen LogP contribution in [0.3, 0.4) is 0 Å². The molecule has 152 valence electrons. The molecule has 0 unspecified atom stereocenters. The first kappa shape index (κ1) is 20.2. The maximum absolute atomic E-state index is 12.5. The zero-order valence-electron chi connectivity index (χ0n) is 17.1. The van der Waals surface area contributed by atoms with Crippen LogP contribution in [0.2, 0.25) is 0 Å². The molecule has 0 spiro atoms. The number of pyridine rings is 1. The Kier molecular flexibility index (Phi) is 5.49. The summed E-state index contributed by atoms with van der Waals surface area (Å²) in [5.41, 5.74) is 4.82. The van der Waals surface area contributed by atoms with Crippen LogP contribution in [0.25, 0.3) is 11.0 Å². The van der Waals surface area contributed by atoms with Gasteiger partial charge in [-0.3, -0.25) is 19.6 Å². The fourth-order valence-corrected chi connectivity index (χ4v) is 3.59. The number of aryl methyl sites for hydroxylation is 4. The number of rotatable bonds is 6. The number of methoxy groups -OCH3 is 1. The van der Waals surface area contributed by atoms with Crippen molar-refractivity contribution in [3.05, 3.63) is 50.8 Å². The number of aromatic nitrogens is 3. The molecule has 0 aliphatic rings. The summed E-state index contributed by atoms with van der Waals surface area (Å²) < 4.78 is 6.95. The number of anilines is 1. The Hall–Kier alpha value is -3.49. The molecule has 1 N–H and O–H groups in total. The van der Waals surface area contributed by atoms with Gasteiger partial charge < -0.3 is 10.1 Å². The van der Waals surface area contributed by atoms with Crippen molar-refractivity contribution in [1.82, 2.24) is 14.8 Å². The van der Waals surface area contributed by atoms with Gasteiger partial charge in [0.2, 0.25) is 5.91 Å². The van der Waals surface area contributed by atoms with Gasteiger partial charge in [0, 0.05) is 36.7 Å². The highest BCUT2D eigenvalue weighted by molar-refractivity contribution is 5.93. The Balaban J connectivity index is 1.81. The van der Waals surface area contributed by atoms with Crippen LogP contribution in [0.5, 0.6) is 5.75 Å². The highest BCUT2D eigenvalue weighted by Gasteiger charge is 2.17. The van der Waals surface area contributed by atoms with Crippen LogP contribution in [0, 0.1) is 30.9 Å². The first-order valence-corrected chi connectivity index (χ1v) is 9.14. The quantitative estimate of drug-likeness (QED) is 0.504. The molecule has 3 aromatic rings. The van der Waals surface area contributed by atoms with E-state index in [2.05, 4.69) is 15.4 Å². The van der Waals surface area contributed by atoms with Gasteiger partial charge in [-0.05, 0) is 44.4 Å². The standard InChI is InChI=1S/C20H23N5O4/c1-11-15(12(2)21-20-19(11)13(3)23-24(20)4)7-9-18(26)22-16-10-14(25(27)28)6-8-17(16)29-5/h6,8,10H,7,9H2,1-5H3,(H,22,26). The smallest absolute Gasteiger partial charge is 0.271 e. The van der Waals surface area contributed by atoms with E-state index in [9.17, 15) is 14.9 Å². The number of nitro groups is 1. The van der Waals surface area contributed by atoms with E-state index >= 15 is 0 Å². The van der Waals surface area contributed by atoms with Crippen molar-refractivity contribution in [3.8, 4) is 5.75 Å². The summed E-state index contributed by atoms with van der Waals surface area (Å²) in [6, 6.07) is 4.09. The van der Waals surface area contributed by atoms with E-state index in [1.807, 2.05) is 27.8 Å². The molecule has 0 aliphatic carbocycles. The Morgan fingerprint density at radius 1 is 1.28 bits per heavy atom. The molecule has 0 saturated heterocycles. The Morgan fingerprint density at radius 3 is 2.66 bits per heavy atom. The van der Waals surface area contributed by atoms with Crippen molar-refractivity contribution in [2.45, 2.75) is 33.6 Å². The molecule has 0 atom stereocenters. The van der Waals surface area contributed by atoms with Gasteiger partial charge in [0.1, 0.15) is 5.75 Å². The van der Waals surface area contributed by atoms with Gasteiger partial charge in [-0.25, -0.2) is 4.98 Å². The van der Waals surface area contributed by atoms with Crippen molar-refractivity contribution in [3.63, 3.8) is 0 Å². The lowest BCUT2D eigenvalue weighted by molar-refractivity contribution is -0.384. The van der Waals surface area contributed by atoms with E-state index in [1.165, 1.54) is 25.3 Å². The van der Waals surface area contributed by atoms with Gasteiger partial charge in [-0.2, -0.15) is 5.10 Å². The minimum Gasteiger partial charge on any atom is -0.495 e. The molecule has 9 nitrogen and oxygen atoms in total. The summed E-state index contributed by atoms with van der Waals surface area (Å²) in [4.78, 5) is 27.7. The number of hydrogen-bond donors (Lipinski definition) is 1. The molecular formula is C20H23N5O4. The summed E-state index contributed by atoms with van der Waals surface area (Å²) in [7, 11) is 3.31. The zero-order valence-corrected chi connectivity index (χ0v) is 17.1. The first-order chi connectivity index (χ1) is 13.7.